The van der Waals surface area contributed by atoms with Crippen LogP contribution < -0.4 is 10.2 Å². The molecule has 1 aliphatic rings. The molecule has 2 aromatic carbocycles. The van der Waals surface area contributed by atoms with Gasteiger partial charge in [-0.15, -0.1) is 0 Å². The third kappa shape index (κ3) is 4.02. The van der Waals surface area contributed by atoms with Crippen LogP contribution in [0.1, 0.15) is 82.5 Å². The van der Waals surface area contributed by atoms with E-state index in [-0.39, 0.29) is 18.0 Å². The number of anilines is 2. The molecule has 1 aliphatic heterocycles. The van der Waals surface area contributed by atoms with Gasteiger partial charge in [-0.3, -0.25) is 4.79 Å². The molecule has 1 amide bonds. The molecule has 144 valence electrons. The van der Waals surface area contributed by atoms with Crippen molar-refractivity contribution in [3.63, 3.8) is 0 Å². The van der Waals surface area contributed by atoms with E-state index in [4.69, 9.17) is 0 Å². The number of carbonyl (C=O) groups is 1. The summed E-state index contributed by atoms with van der Waals surface area (Å²) in [5.41, 5.74) is 6.06. The zero-order valence-corrected chi connectivity index (χ0v) is 17.4. The summed E-state index contributed by atoms with van der Waals surface area (Å²) < 4.78 is 0. The van der Waals surface area contributed by atoms with Gasteiger partial charge < -0.3 is 10.2 Å². The number of nitrogens with one attached hydrogen (secondary N) is 1. The molecule has 0 saturated heterocycles. The molecule has 1 N–H and O–H groups in total. The summed E-state index contributed by atoms with van der Waals surface area (Å²) in [6.45, 7) is 12.6. The van der Waals surface area contributed by atoms with E-state index in [9.17, 15) is 4.79 Å². The standard InChI is InChI=1S/C24H32N2O/c1-15(2)19-7-10-21(11-8-19)25-23-13-17(5)26(18(6)27)24-12-9-20(16(3)4)14-22(23)24/h7-12,14-17,23,25H,13H2,1-6H3. The first-order chi connectivity index (χ1) is 12.8. The van der Waals surface area contributed by atoms with E-state index in [0.29, 0.717) is 11.8 Å². The van der Waals surface area contributed by atoms with Gasteiger partial charge in [-0.25, -0.2) is 0 Å². The summed E-state index contributed by atoms with van der Waals surface area (Å²) in [5, 5.41) is 3.72. The van der Waals surface area contributed by atoms with Crippen molar-refractivity contribution in [1.82, 2.24) is 0 Å². The van der Waals surface area contributed by atoms with Gasteiger partial charge in [0.1, 0.15) is 0 Å². The Morgan fingerprint density at radius 1 is 1.00 bits per heavy atom. The SMILES string of the molecule is CC(=O)N1c2ccc(C(C)C)cc2C(Nc2ccc(C(C)C)cc2)CC1C. The lowest BCUT2D eigenvalue weighted by atomic mass is 9.88. The Morgan fingerprint density at radius 3 is 2.15 bits per heavy atom. The number of hydrogen-bond donors (Lipinski definition) is 1. The summed E-state index contributed by atoms with van der Waals surface area (Å²) in [6, 6.07) is 15.7. The second-order valence-electron chi connectivity index (χ2n) is 8.42. The van der Waals surface area contributed by atoms with Gasteiger partial charge in [0.15, 0.2) is 0 Å². The van der Waals surface area contributed by atoms with Crippen LogP contribution in [0, 0.1) is 0 Å². The highest BCUT2D eigenvalue weighted by Crippen LogP contribution is 2.40. The van der Waals surface area contributed by atoms with Crippen LogP contribution in [-0.4, -0.2) is 11.9 Å². The lowest BCUT2D eigenvalue weighted by molar-refractivity contribution is -0.117. The van der Waals surface area contributed by atoms with Crippen LogP contribution in [0.25, 0.3) is 0 Å². The van der Waals surface area contributed by atoms with Crippen molar-refractivity contribution < 1.29 is 4.79 Å². The highest BCUT2D eigenvalue weighted by atomic mass is 16.2. The fraction of sp³-hybridized carbons (Fsp3) is 0.458. The number of amides is 1. The predicted octanol–water partition coefficient (Wildman–Crippen LogP) is 6.23. The van der Waals surface area contributed by atoms with E-state index >= 15 is 0 Å². The minimum absolute atomic E-state index is 0.112. The summed E-state index contributed by atoms with van der Waals surface area (Å²) in [6.07, 6.45) is 0.903. The van der Waals surface area contributed by atoms with Crippen LogP contribution in [0.2, 0.25) is 0 Å². The third-order valence-corrected chi connectivity index (χ3v) is 5.63. The Hall–Kier alpha value is -2.29. The van der Waals surface area contributed by atoms with Gasteiger partial charge in [0.25, 0.3) is 0 Å². The summed E-state index contributed by atoms with van der Waals surface area (Å²) in [4.78, 5) is 14.2. The van der Waals surface area contributed by atoms with Gasteiger partial charge >= 0.3 is 0 Å². The molecule has 3 heteroatoms. The molecule has 0 bridgehead atoms. The van der Waals surface area contributed by atoms with Crippen molar-refractivity contribution in [2.45, 2.75) is 71.9 Å². The molecular formula is C24H32N2O. The molecule has 0 radical (unpaired) electrons. The van der Waals surface area contributed by atoms with Crippen molar-refractivity contribution in [2.24, 2.45) is 0 Å². The van der Waals surface area contributed by atoms with E-state index in [2.05, 4.69) is 82.4 Å². The van der Waals surface area contributed by atoms with Crippen LogP contribution in [0.5, 0.6) is 0 Å². The van der Waals surface area contributed by atoms with Crippen molar-refractivity contribution in [3.8, 4) is 0 Å². The van der Waals surface area contributed by atoms with Gasteiger partial charge in [-0.2, -0.15) is 0 Å². The Kier molecular flexibility index (Phi) is 5.59. The molecule has 0 aliphatic carbocycles. The maximum Gasteiger partial charge on any atom is 0.224 e. The molecule has 2 unspecified atom stereocenters. The highest BCUT2D eigenvalue weighted by Gasteiger charge is 2.32. The Balaban J connectivity index is 1.97. The zero-order chi connectivity index (χ0) is 19.7. The number of fused-ring (bicyclic) bond motifs is 1. The molecular weight excluding hydrogens is 332 g/mol. The molecule has 2 aromatic rings. The second kappa shape index (κ2) is 7.75. The summed E-state index contributed by atoms with van der Waals surface area (Å²) >= 11 is 0. The third-order valence-electron chi connectivity index (χ3n) is 5.63. The van der Waals surface area contributed by atoms with E-state index in [1.54, 1.807) is 6.92 Å². The monoisotopic (exact) mass is 364 g/mol. The average molecular weight is 365 g/mol. The molecule has 0 saturated carbocycles. The molecule has 1 heterocycles. The lowest BCUT2D eigenvalue weighted by Gasteiger charge is -2.40. The van der Waals surface area contributed by atoms with Crippen LogP contribution in [0.15, 0.2) is 42.5 Å². The number of hydrogen-bond acceptors (Lipinski definition) is 2. The molecule has 0 spiro atoms. The van der Waals surface area contributed by atoms with Gasteiger partial charge in [-0.1, -0.05) is 52.0 Å². The Bertz CT molecular complexity index is 808. The van der Waals surface area contributed by atoms with E-state index in [0.717, 1.165) is 17.8 Å². The van der Waals surface area contributed by atoms with Crippen molar-refractivity contribution in [2.75, 3.05) is 10.2 Å². The van der Waals surface area contributed by atoms with E-state index < -0.39 is 0 Å². The van der Waals surface area contributed by atoms with Gasteiger partial charge in [0.05, 0.1) is 6.04 Å². The zero-order valence-electron chi connectivity index (χ0n) is 17.4. The van der Waals surface area contributed by atoms with E-state index in [1.807, 2.05) is 4.90 Å². The molecule has 3 nitrogen and oxygen atoms in total. The largest absolute Gasteiger partial charge is 0.378 e. The topological polar surface area (TPSA) is 32.3 Å². The lowest BCUT2D eigenvalue weighted by Crippen LogP contribution is -2.43. The highest BCUT2D eigenvalue weighted by molar-refractivity contribution is 5.93. The van der Waals surface area contributed by atoms with Gasteiger partial charge in [0.2, 0.25) is 5.91 Å². The van der Waals surface area contributed by atoms with Crippen LogP contribution in [-0.2, 0) is 4.79 Å². The molecule has 3 rings (SSSR count). The summed E-state index contributed by atoms with van der Waals surface area (Å²) in [5.74, 6) is 1.11. The number of benzene rings is 2. The van der Waals surface area contributed by atoms with Gasteiger partial charge in [0, 0.05) is 24.3 Å². The molecule has 2 atom stereocenters. The van der Waals surface area contributed by atoms with Crippen LogP contribution >= 0.6 is 0 Å². The summed E-state index contributed by atoms with van der Waals surface area (Å²) in [7, 11) is 0. The fourth-order valence-electron chi connectivity index (χ4n) is 4.02. The number of rotatable bonds is 4. The smallest absolute Gasteiger partial charge is 0.224 e. The first-order valence-corrected chi connectivity index (χ1v) is 10.1. The van der Waals surface area contributed by atoms with Crippen molar-refractivity contribution >= 4 is 17.3 Å². The predicted molar refractivity (Wildman–Crippen MR) is 115 cm³/mol. The Morgan fingerprint density at radius 2 is 1.59 bits per heavy atom. The van der Waals surface area contributed by atoms with Crippen LogP contribution in [0.4, 0.5) is 11.4 Å². The van der Waals surface area contributed by atoms with Crippen LogP contribution in [0.3, 0.4) is 0 Å². The molecule has 0 aromatic heterocycles. The molecule has 0 fully saturated rings. The number of carbonyl (C=O) groups excluding carboxylic acids is 1. The fourth-order valence-corrected chi connectivity index (χ4v) is 4.02. The second-order valence-corrected chi connectivity index (χ2v) is 8.42. The average Bonchev–Trinajstić information content (AvgIpc) is 2.61. The first kappa shape index (κ1) is 19.5. The maximum absolute atomic E-state index is 12.3. The maximum atomic E-state index is 12.3. The minimum Gasteiger partial charge on any atom is -0.378 e. The van der Waals surface area contributed by atoms with Gasteiger partial charge in [-0.05, 0) is 60.1 Å². The Labute approximate surface area is 163 Å². The van der Waals surface area contributed by atoms with Crippen molar-refractivity contribution in [3.05, 3.63) is 59.2 Å². The first-order valence-electron chi connectivity index (χ1n) is 10.1. The number of nitrogens with zero attached hydrogens (tertiary/aromatic N) is 1. The quantitative estimate of drug-likeness (QED) is 0.697. The normalized spacial score (nSPS) is 19.3. The van der Waals surface area contributed by atoms with E-state index in [1.165, 1.54) is 16.7 Å². The van der Waals surface area contributed by atoms with Crippen molar-refractivity contribution in [1.29, 1.82) is 0 Å². The minimum atomic E-state index is 0.112. The molecule has 27 heavy (non-hydrogen) atoms.